The topological polar surface area (TPSA) is 80.0 Å². The lowest BCUT2D eigenvalue weighted by atomic mass is 9.96. The highest BCUT2D eigenvalue weighted by Crippen LogP contribution is 2.20. The van der Waals surface area contributed by atoms with Gasteiger partial charge in [0.2, 0.25) is 0 Å². The van der Waals surface area contributed by atoms with Crippen LogP contribution in [0.4, 0.5) is 4.79 Å². The standard InChI is InChI=1S/C18H34N4O2/c1-18(2,3)24-17(23)22-11-9-14(10-12-22)13-20-16(19)21-15-7-5-4-6-8-15/h14-15H,4-13H2,1-3H3,(H3,19,20,21). The smallest absolute Gasteiger partial charge is 0.410 e. The van der Waals surface area contributed by atoms with Crippen LogP contribution >= 0.6 is 0 Å². The molecule has 138 valence electrons. The molecule has 2 fully saturated rings. The molecule has 1 heterocycles. The minimum Gasteiger partial charge on any atom is -0.444 e. The second-order valence-corrected chi connectivity index (χ2v) is 8.12. The molecule has 6 nitrogen and oxygen atoms in total. The highest BCUT2D eigenvalue weighted by atomic mass is 16.6. The molecule has 6 heteroatoms. The first-order valence-corrected chi connectivity index (χ1v) is 9.38. The Kier molecular flexibility index (Phi) is 6.75. The van der Waals surface area contributed by atoms with Gasteiger partial charge in [0, 0.05) is 25.7 Å². The van der Waals surface area contributed by atoms with Gasteiger partial charge in [-0.3, -0.25) is 4.99 Å². The molecule has 0 aromatic rings. The average molecular weight is 338 g/mol. The number of amides is 1. The van der Waals surface area contributed by atoms with Crippen molar-refractivity contribution < 1.29 is 9.53 Å². The summed E-state index contributed by atoms with van der Waals surface area (Å²) in [6.45, 7) is 7.92. The molecule has 0 aromatic carbocycles. The number of carbonyl (C=O) groups excluding carboxylic acids is 1. The molecule has 0 unspecified atom stereocenters. The molecule has 3 N–H and O–H groups in total. The van der Waals surface area contributed by atoms with Crippen LogP contribution in [0.5, 0.6) is 0 Å². The van der Waals surface area contributed by atoms with E-state index in [2.05, 4.69) is 10.3 Å². The molecule has 0 radical (unpaired) electrons. The van der Waals surface area contributed by atoms with Gasteiger partial charge < -0.3 is 20.7 Å². The Bertz CT molecular complexity index is 431. The van der Waals surface area contributed by atoms with Gasteiger partial charge in [-0.1, -0.05) is 19.3 Å². The van der Waals surface area contributed by atoms with Gasteiger partial charge in [-0.15, -0.1) is 0 Å². The van der Waals surface area contributed by atoms with E-state index in [9.17, 15) is 4.79 Å². The van der Waals surface area contributed by atoms with Gasteiger partial charge in [-0.2, -0.15) is 0 Å². The molecule has 1 saturated heterocycles. The van der Waals surface area contributed by atoms with E-state index >= 15 is 0 Å². The van der Waals surface area contributed by atoms with E-state index in [4.69, 9.17) is 10.5 Å². The molecule has 1 aliphatic carbocycles. The van der Waals surface area contributed by atoms with Gasteiger partial charge in [0.25, 0.3) is 0 Å². The van der Waals surface area contributed by atoms with Gasteiger partial charge in [0.1, 0.15) is 5.60 Å². The first-order chi connectivity index (χ1) is 11.3. The predicted molar refractivity (Wildman–Crippen MR) is 97.0 cm³/mol. The number of nitrogens with zero attached hydrogens (tertiary/aromatic N) is 2. The van der Waals surface area contributed by atoms with Crippen LogP contribution in [0.3, 0.4) is 0 Å². The molecule has 1 aliphatic heterocycles. The second-order valence-electron chi connectivity index (χ2n) is 8.12. The molecule has 0 atom stereocenters. The molecule has 1 saturated carbocycles. The largest absolute Gasteiger partial charge is 0.444 e. The summed E-state index contributed by atoms with van der Waals surface area (Å²) in [6, 6.07) is 0.497. The summed E-state index contributed by atoms with van der Waals surface area (Å²) in [6.07, 6.45) is 8.02. The van der Waals surface area contributed by atoms with Crippen LogP contribution in [-0.4, -0.2) is 48.2 Å². The SMILES string of the molecule is CC(C)(C)OC(=O)N1CCC(CN=C(N)NC2CCCCC2)CC1. The predicted octanol–water partition coefficient (Wildman–Crippen LogP) is 2.87. The summed E-state index contributed by atoms with van der Waals surface area (Å²) in [5, 5.41) is 3.35. The number of ether oxygens (including phenoxy) is 1. The Balaban J connectivity index is 1.68. The van der Waals surface area contributed by atoms with Gasteiger partial charge in [-0.25, -0.2) is 4.79 Å². The first kappa shape index (κ1) is 18.9. The van der Waals surface area contributed by atoms with Crippen LogP contribution in [0.15, 0.2) is 4.99 Å². The molecule has 2 aliphatic rings. The minimum absolute atomic E-state index is 0.206. The summed E-state index contributed by atoms with van der Waals surface area (Å²) in [5.41, 5.74) is 5.59. The van der Waals surface area contributed by atoms with Gasteiger partial charge in [-0.05, 0) is 52.4 Å². The number of rotatable bonds is 3. The van der Waals surface area contributed by atoms with E-state index in [1.54, 1.807) is 4.90 Å². The highest BCUT2D eigenvalue weighted by Gasteiger charge is 2.26. The molecule has 0 spiro atoms. The number of nitrogens with two attached hydrogens (primary N) is 1. The molecular formula is C18H34N4O2. The number of carbonyl (C=O) groups is 1. The molecule has 0 bridgehead atoms. The van der Waals surface area contributed by atoms with Crippen molar-refractivity contribution in [2.45, 2.75) is 77.4 Å². The Hall–Kier alpha value is -1.46. The maximum atomic E-state index is 12.1. The summed E-state index contributed by atoms with van der Waals surface area (Å²) in [7, 11) is 0. The number of nitrogens with one attached hydrogen (secondary N) is 1. The normalized spacial score (nSPS) is 21.6. The quantitative estimate of drug-likeness (QED) is 0.612. The minimum atomic E-state index is -0.433. The second kappa shape index (κ2) is 8.58. The molecular weight excluding hydrogens is 304 g/mol. The van der Waals surface area contributed by atoms with Crippen LogP contribution in [-0.2, 0) is 4.74 Å². The zero-order chi connectivity index (χ0) is 17.6. The van der Waals surface area contributed by atoms with Crippen molar-refractivity contribution in [1.82, 2.24) is 10.2 Å². The molecule has 2 rings (SSSR count). The zero-order valence-corrected chi connectivity index (χ0v) is 15.5. The van der Waals surface area contributed by atoms with Crippen molar-refractivity contribution in [3.8, 4) is 0 Å². The van der Waals surface area contributed by atoms with Gasteiger partial charge >= 0.3 is 6.09 Å². The van der Waals surface area contributed by atoms with Crippen molar-refractivity contribution in [2.24, 2.45) is 16.6 Å². The molecule has 1 amide bonds. The van der Waals surface area contributed by atoms with E-state index in [0.29, 0.717) is 17.9 Å². The lowest BCUT2D eigenvalue weighted by Crippen LogP contribution is -2.43. The lowest BCUT2D eigenvalue weighted by molar-refractivity contribution is 0.0187. The maximum Gasteiger partial charge on any atom is 0.410 e. The van der Waals surface area contributed by atoms with E-state index in [1.807, 2.05) is 20.8 Å². The number of guanidine groups is 1. The average Bonchev–Trinajstić information content (AvgIpc) is 2.53. The number of piperidine rings is 1. The van der Waals surface area contributed by atoms with Crippen molar-refractivity contribution in [3.05, 3.63) is 0 Å². The van der Waals surface area contributed by atoms with Crippen molar-refractivity contribution >= 4 is 12.1 Å². The fraction of sp³-hybridized carbons (Fsp3) is 0.889. The number of hydrogen-bond acceptors (Lipinski definition) is 3. The summed E-state index contributed by atoms with van der Waals surface area (Å²) in [5.74, 6) is 1.08. The Labute approximate surface area is 146 Å². The number of hydrogen-bond donors (Lipinski definition) is 2. The number of likely N-dealkylation sites (tertiary alicyclic amines) is 1. The molecule has 0 aromatic heterocycles. The molecule has 24 heavy (non-hydrogen) atoms. The third-order valence-corrected chi connectivity index (χ3v) is 4.74. The van der Waals surface area contributed by atoms with Crippen LogP contribution in [0.2, 0.25) is 0 Å². The van der Waals surface area contributed by atoms with Gasteiger partial charge in [0.05, 0.1) is 0 Å². The third-order valence-electron chi connectivity index (χ3n) is 4.74. The first-order valence-electron chi connectivity index (χ1n) is 9.38. The summed E-state index contributed by atoms with van der Waals surface area (Å²) in [4.78, 5) is 18.4. The van der Waals surface area contributed by atoms with Crippen molar-refractivity contribution in [3.63, 3.8) is 0 Å². The maximum absolute atomic E-state index is 12.1. The van der Waals surface area contributed by atoms with E-state index in [0.717, 1.165) is 32.5 Å². The highest BCUT2D eigenvalue weighted by molar-refractivity contribution is 5.78. The number of aliphatic imine (C=N–C) groups is 1. The van der Waals surface area contributed by atoms with Gasteiger partial charge in [0.15, 0.2) is 5.96 Å². The van der Waals surface area contributed by atoms with Crippen molar-refractivity contribution in [1.29, 1.82) is 0 Å². The summed E-state index contributed by atoms with van der Waals surface area (Å²) < 4.78 is 5.42. The zero-order valence-electron chi connectivity index (χ0n) is 15.5. The van der Waals surface area contributed by atoms with Crippen LogP contribution in [0.25, 0.3) is 0 Å². The fourth-order valence-corrected chi connectivity index (χ4v) is 3.35. The Morgan fingerprint density at radius 2 is 1.79 bits per heavy atom. The van der Waals surface area contributed by atoms with E-state index in [-0.39, 0.29) is 6.09 Å². The monoisotopic (exact) mass is 338 g/mol. The van der Waals surface area contributed by atoms with E-state index < -0.39 is 5.60 Å². The summed E-state index contributed by atoms with van der Waals surface area (Å²) >= 11 is 0. The van der Waals surface area contributed by atoms with Crippen molar-refractivity contribution in [2.75, 3.05) is 19.6 Å². The van der Waals surface area contributed by atoms with Crippen LogP contribution < -0.4 is 11.1 Å². The van der Waals surface area contributed by atoms with E-state index in [1.165, 1.54) is 32.1 Å². The lowest BCUT2D eigenvalue weighted by Gasteiger charge is -2.33. The van der Waals surface area contributed by atoms with Crippen LogP contribution in [0, 0.1) is 5.92 Å². The van der Waals surface area contributed by atoms with Crippen LogP contribution in [0.1, 0.15) is 65.7 Å². The Morgan fingerprint density at radius 1 is 1.17 bits per heavy atom. The fourth-order valence-electron chi connectivity index (χ4n) is 3.35. The third kappa shape index (κ3) is 6.57. The Morgan fingerprint density at radius 3 is 2.38 bits per heavy atom.